The van der Waals surface area contributed by atoms with Gasteiger partial charge in [-0.2, -0.15) is 18.4 Å². The van der Waals surface area contributed by atoms with Gasteiger partial charge in [0.05, 0.1) is 27.7 Å². The summed E-state index contributed by atoms with van der Waals surface area (Å²) in [6.07, 6.45) is -4.66. The van der Waals surface area contributed by atoms with Gasteiger partial charge in [0.25, 0.3) is 5.56 Å². The zero-order valence-electron chi connectivity index (χ0n) is 13.7. The SMILES string of the molecule is Cc1nc2cc(C(F)(F)F)c(N3CCN(C)CC3)c(C#N)c2c(=O)[nH]1. The number of likely N-dealkylation sites (N-methyl/N-ethyl adjacent to an activating group) is 1. The zero-order valence-corrected chi connectivity index (χ0v) is 13.7. The summed E-state index contributed by atoms with van der Waals surface area (Å²) in [6, 6.07) is 2.67. The number of rotatable bonds is 1. The molecule has 0 aliphatic carbocycles. The van der Waals surface area contributed by atoms with Gasteiger partial charge in [-0.25, -0.2) is 4.98 Å². The summed E-state index contributed by atoms with van der Waals surface area (Å²) in [5.41, 5.74) is -2.17. The van der Waals surface area contributed by atoms with E-state index in [1.54, 1.807) is 6.07 Å². The number of nitrogens with one attached hydrogen (secondary N) is 1. The fourth-order valence-electron chi connectivity index (χ4n) is 3.10. The number of aryl methyl sites for hydroxylation is 1. The first-order chi connectivity index (χ1) is 11.7. The number of halogens is 3. The lowest BCUT2D eigenvalue weighted by atomic mass is 10.00. The Balaban J connectivity index is 2.36. The fraction of sp³-hybridized carbons (Fsp3) is 0.438. The Labute approximate surface area is 141 Å². The third-order valence-corrected chi connectivity index (χ3v) is 4.33. The van der Waals surface area contributed by atoms with Crippen molar-refractivity contribution in [2.45, 2.75) is 13.1 Å². The maximum absolute atomic E-state index is 13.7. The summed E-state index contributed by atoms with van der Waals surface area (Å²) in [5.74, 6) is 0.196. The van der Waals surface area contributed by atoms with Gasteiger partial charge in [-0.05, 0) is 20.0 Å². The van der Waals surface area contributed by atoms with Crippen LogP contribution in [0.3, 0.4) is 0 Å². The molecule has 1 aliphatic rings. The highest BCUT2D eigenvalue weighted by Gasteiger charge is 2.38. The summed E-state index contributed by atoms with van der Waals surface area (Å²) in [5, 5.41) is 9.45. The van der Waals surface area contributed by atoms with Gasteiger partial charge in [-0.1, -0.05) is 0 Å². The number of fused-ring (bicyclic) bond motifs is 1. The number of aromatic amines is 1. The smallest absolute Gasteiger partial charge is 0.367 e. The van der Waals surface area contributed by atoms with Crippen molar-refractivity contribution in [3.8, 4) is 6.07 Å². The normalized spacial score (nSPS) is 16.2. The Bertz CT molecular complexity index is 920. The lowest BCUT2D eigenvalue weighted by molar-refractivity contribution is -0.137. The molecule has 0 atom stereocenters. The van der Waals surface area contributed by atoms with Crippen LogP contribution in [-0.2, 0) is 6.18 Å². The van der Waals surface area contributed by atoms with Gasteiger partial charge in [0, 0.05) is 26.2 Å². The van der Waals surface area contributed by atoms with Crippen molar-refractivity contribution in [2.75, 3.05) is 38.1 Å². The standard InChI is InChI=1S/C16H16F3N5O/c1-9-21-12-7-11(16(17,18)19)14(24-5-3-23(2)4-6-24)10(8-20)13(12)15(25)22-9/h7H,3-6H2,1-2H3,(H,21,22,25). The van der Waals surface area contributed by atoms with Crippen molar-refractivity contribution in [2.24, 2.45) is 0 Å². The highest BCUT2D eigenvalue weighted by atomic mass is 19.4. The van der Waals surface area contributed by atoms with E-state index in [9.17, 15) is 23.2 Å². The van der Waals surface area contributed by atoms with Crippen LogP contribution in [0.1, 0.15) is 17.0 Å². The summed E-state index contributed by atoms with van der Waals surface area (Å²) in [6.45, 7) is 3.31. The molecule has 0 unspecified atom stereocenters. The Morgan fingerprint density at radius 3 is 2.48 bits per heavy atom. The molecule has 0 saturated carbocycles. The first kappa shape index (κ1) is 17.2. The van der Waals surface area contributed by atoms with Crippen LogP contribution < -0.4 is 10.5 Å². The molecule has 6 nitrogen and oxygen atoms in total. The molecule has 0 spiro atoms. The monoisotopic (exact) mass is 351 g/mol. The number of nitriles is 1. The van der Waals surface area contributed by atoms with Gasteiger partial charge >= 0.3 is 6.18 Å². The van der Waals surface area contributed by atoms with Gasteiger partial charge in [0.1, 0.15) is 11.9 Å². The van der Waals surface area contributed by atoms with E-state index in [4.69, 9.17) is 0 Å². The number of anilines is 1. The molecule has 1 aromatic heterocycles. The van der Waals surface area contributed by atoms with Gasteiger partial charge < -0.3 is 14.8 Å². The van der Waals surface area contributed by atoms with Crippen molar-refractivity contribution in [1.29, 1.82) is 5.26 Å². The van der Waals surface area contributed by atoms with E-state index >= 15 is 0 Å². The van der Waals surface area contributed by atoms with E-state index in [1.807, 2.05) is 11.9 Å². The number of benzene rings is 1. The van der Waals surface area contributed by atoms with Crippen molar-refractivity contribution in [1.82, 2.24) is 14.9 Å². The van der Waals surface area contributed by atoms with E-state index in [-0.39, 0.29) is 28.0 Å². The minimum absolute atomic E-state index is 0.102. The maximum atomic E-state index is 13.7. The largest absolute Gasteiger partial charge is 0.418 e. The van der Waals surface area contributed by atoms with Crippen LogP contribution in [0.4, 0.5) is 18.9 Å². The van der Waals surface area contributed by atoms with Crippen molar-refractivity contribution in [3.63, 3.8) is 0 Å². The predicted octanol–water partition coefficient (Wildman–Crippen LogP) is 1.87. The lowest BCUT2D eigenvalue weighted by Gasteiger charge is -2.36. The lowest BCUT2D eigenvalue weighted by Crippen LogP contribution is -2.45. The molecule has 25 heavy (non-hydrogen) atoms. The minimum Gasteiger partial charge on any atom is -0.367 e. The molecular formula is C16H16F3N5O. The van der Waals surface area contributed by atoms with Crippen LogP contribution in [0, 0.1) is 18.3 Å². The Morgan fingerprint density at radius 2 is 1.92 bits per heavy atom. The van der Waals surface area contributed by atoms with Gasteiger partial charge in [0.2, 0.25) is 0 Å². The molecule has 1 saturated heterocycles. The van der Waals surface area contributed by atoms with Crippen molar-refractivity contribution >= 4 is 16.6 Å². The second-order valence-electron chi connectivity index (χ2n) is 6.09. The minimum atomic E-state index is -4.66. The van der Waals surface area contributed by atoms with E-state index < -0.39 is 17.3 Å². The number of alkyl halides is 3. The summed E-state index contributed by atoms with van der Waals surface area (Å²) in [4.78, 5) is 22.2. The molecular weight excluding hydrogens is 335 g/mol. The van der Waals surface area contributed by atoms with Gasteiger partial charge in [-0.3, -0.25) is 4.79 Å². The topological polar surface area (TPSA) is 76.0 Å². The van der Waals surface area contributed by atoms with Gasteiger partial charge in [0.15, 0.2) is 0 Å². The Morgan fingerprint density at radius 1 is 1.28 bits per heavy atom. The molecule has 2 heterocycles. The molecule has 1 aliphatic heterocycles. The Hall–Kier alpha value is -2.60. The van der Waals surface area contributed by atoms with E-state index in [0.717, 1.165) is 6.07 Å². The molecule has 1 N–H and O–H groups in total. The van der Waals surface area contributed by atoms with Gasteiger partial charge in [-0.15, -0.1) is 0 Å². The molecule has 132 valence electrons. The highest BCUT2D eigenvalue weighted by molar-refractivity contribution is 5.92. The molecule has 0 radical (unpaired) electrons. The van der Waals surface area contributed by atoms with E-state index in [1.165, 1.54) is 11.8 Å². The molecule has 1 aromatic carbocycles. The van der Waals surface area contributed by atoms with Crippen LogP contribution in [0.15, 0.2) is 10.9 Å². The number of hydrogen-bond acceptors (Lipinski definition) is 5. The number of nitrogens with zero attached hydrogens (tertiary/aromatic N) is 4. The van der Waals surface area contributed by atoms with Crippen LogP contribution in [0.25, 0.3) is 10.9 Å². The quantitative estimate of drug-likeness (QED) is 0.849. The summed E-state index contributed by atoms with van der Waals surface area (Å²) >= 11 is 0. The number of H-pyrrole nitrogens is 1. The first-order valence-electron chi connectivity index (χ1n) is 7.70. The molecule has 2 aromatic rings. The molecule has 3 rings (SSSR count). The van der Waals surface area contributed by atoms with Crippen LogP contribution >= 0.6 is 0 Å². The second kappa shape index (κ2) is 6.04. The summed E-state index contributed by atoms with van der Waals surface area (Å²) in [7, 11) is 1.88. The average molecular weight is 351 g/mol. The maximum Gasteiger partial charge on any atom is 0.418 e. The predicted molar refractivity (Wildman–Crippen MR) is 86.5 cm³/mol. The molecule has 1 fully saturated rings. The van der Waals surface area contributed by atoms with Crippen LogP contribution in [-0.4, -0.2) is 48.1 Å². The van der Waals surface area contributed by atoms with Crippen molar-refractivity contribution < 1.29 is 13.2 Å². The molecule has 0 amide bonds. The van der Waals surface area contributed by atoms with Crippen LogP contribution in [0.2, 0.25) is 0 Å². The third kappa shape index (κ3) is 3.05. The highest BCUT2D eigenvalue weighted by Crippen LogP contribution is 2.41. The molecule has 0 bridgehead atoms. The Kier molecular flexibility index (Phi) is 4.16. The molecule has 9 heteroatoms. The third-order valence-electron chi connectivity index (χ3n) is 4.33. The number of piperazine rings is 1. The first-order valence-corrected chi connectivity index (χ1v) is 7.70. The van der Waals surface area contributed by atoms with E-state index in [0.29, 0.717) is 26.2 Å². The van der Waals surface area contributed by atoms with Crippen molar-refractivity contribution in [3.05, 3.63) is 33.4 Å². The number of hydrogen-bond donors (Lipinski definition) is 1. The zero-order chi connectivity index (χ0) is 18.4. The van der Waals surface area contributed by atoms with Crippen LogP contribution in [0.5, 0.6) is 0 Å². The number of aromatic nitrogens is 2. The average Bonchev–Trinajstić information content (AvgIpc) is 2.53. The second-order valence-corrected chi connectivity index (χ2v) is 6.09. The fourth-order valence-corrected chi connectivity index (χ4v) is 3.10. The summed E-state index contributed by atoms with van der Waals surface area (Å²) < 4.78 is 41.0. The van der Waals surface area contributed by atoms with E-state index in [2.05, 4.69) is 9.97 Å².